The van der Waals surface area contributed by atoms with Crippen molar-refractivity contribution in [1.29, 1.82) is 0 Å². The molecule has 0 saturated heterocycles. The third-order valence-electron chi connectivity index (χ3n) is 4.59. The predicted octanol–water partition coefficient (Wildman–Crippen LogP) is 3.74. The zero-order valence-corrected chi connectivity index (χ0v) is 17.3. The Morgan fingerprint density at radius 1 is 1.07 bits per heavy atom. The molecule has 5 nitrogen and oxygen atoms in total. The second-order valence-electron chi connectivity index (χ2n) is 6.83. The highest BCUT2D eigenvalue weighted by atomic mass is 32.2. The molecule has 0 saturated carbocycles. The molecule has 0 spiro atoms. The average Bonchev–Trinajstić information content (AvgIpc) is 2.61. The van der Waals surface area contributed by atoms with Crippen molar-refractivity contribution in [3.8, 4) is 5.75 Å². The van der Waals surface area contributed by atoms with Gasteiger partial charge in [-0.3, -0.25) is 4.79 Å². The van der Waals surface area contributed by atoms with E-state index in [1.807, 2.05) is 45.9 Å². The fourth-order valence-corrected chi connectivity index (χ4v) is 3.30. The summed E-state index contributed by atoms with van der Waals surface area (Å²) in [7, 11) is -3.23. The van der Waals surface area contributed by atoms with Crippen molar-refractivity contribution in [2.75, 3.05) is 6.26 Å². The third kappa shape index (κ3) is 5.57. The van der Waals surface area contributed by atoms with Crippen LogP contribution in [0.2, 0.25) is 0 Å². The lowest BCUT2D eigenvalue weighted by molar-refractivity contribution is -0.128. The first-order valence-electron chi connectivity index (χ1n) is 8.96. The molecule has 0 unspecified atom stereocenters. The van der Waals surface area contributed by atoms with E-state index >= 15 is 0 Å². The van der Waals surface area contributed by atoms with E-state index in [0.29, 0.717) is 12.2 Å². The van der Waals surface area contributed by atoms with Crippen molar-refractivity contribution in [1.82, 2.24) is 5.32 Å². The molecule has 2 rings (SSSR count). The van der Waals surface area contributed by atoms with Crippen molar-refractivity contribution in [3.05, 3.63) is 59.2 Å². The van der Waals surface area contributed by atoms with E-state index in [2.05, 4.69) is 5.32 Å². The van der Waals surface area contributed by atoms with E-state index in [1.54, 1.807) is 24.3 Å². The van der Waals surface area contributed by atoms with Gasteiger partial charge in [-0.1, -0.05) is 25.1 Å². The van der Waals surface area contributed by atoms with Crippen molar-refractivity contribution >= 4 is 15.7 Å². The molecule has 6 heteroatoms. The Kier molecular flexibility index (Phi) is 6.65. The van der Waals surface area contributed by atoms with Crippen LogP contribution in [0.5, 0.6) is 5.75 Å². The number of sulfone groups is 1. The van der Waals surface area contributed by atoms with Gasteiger partial charge in [0, 0.05) is 6.26 Å². The molecule has 0 bridgehead atoms. The van der Waals surface area contributed by atoms with Crippen LogP contribution in [0.4, 0.5) is 0 Å². The Bertz CT molecular complexity index is 904. The molecular formula is C21H27NO4S. The standard InChI is InChI=1S/C21H27NO4S/c1-6-20(26-18-10-7-14(2)15(3)13-18)21(23)22-16(4)17-8-11-19(12-9-17)27(5,24)25/h7-13,16,20H,6H2,1-5H3,(H,22,23)/t16-,20+/m1/s1. The van der Waals surface area contributed by atoms with Gasteiger partial charge in [0.05, 0.1) is 10.9 Å². The molecule has 0 heterocycles. The summed E-state index contributed by atoms with van der Waals surface area (Å²) in [5.41, 5.74) is 3.12. The van der Waals surface area contributed by atoms with E-state index in [-0.39, 0.29) is 16.8 Å². The Morgan fingerprint density at radius 3 is 2.22 bits per heavy atom. The molecule has 2 atom stereocenters. The fourth-order valence-electron chi connectivity index (χ4n) is 2.67. The highest BCUT2D eigenvalue weighted by Gasteiger charge is 2.21. The van der Waals surface area contributed by atoms with Crippen LogP contribution < -0.4 is 10.1 Å². The molecule has 0 fully saturated rings. The minimum Gasteiger partial charge on any atom is -0.481 e. The van der Waals surface area contributed by atoms with Gasteiger partial charge in [0.25, 0.3) is 5.91 Å². The van der Waals surface area contributed by atoms with Crippen LogP contribution in [0.3, 0.4) is 0 Å². The molecule has 1 amide bonds. The summed E-state index contributed by atoms with van der Waals surface area (Å²) < 4.78 is 29.0. The van der Waals surface area contributed by atoms with E-state index in [0.717, 1.165) is 11.1 Å². The average molecular weight is 390 g/mol. The van der Waals surface area contributed by atoms with Gasteiger partial charge in [-0.2, -0.15) is 0 Å². The molecule has 146 valence electrons. The lowest BCUT2D eigenvalue weighted by atomic mass is 10.1. The molecule has 0 radical (unpaired) electrons. The summed E-state index contributed by atoms with van der Waals surface area (Å²) in [5, 5.41) is 2.94. The molecule has 0 aromatic heterocycles. The van der Waals surface area contributed by atoms with Crippen molar-refractivity contribution in [2.24, 2.45) is 0 Å². The van der Waals surface area contributed by atoms with Gasteiger partial charge in [-0.25, -0.2) is 8.42 Å². The number of benzene rings is 2. The Morgan fingerprint density at radius 2 is 1.70 bits per heavy atom. The summed E-state index contributed by atoms with van der Waals surface area (Å²) in [6, 6.07) is 12.0. The third-order valence-corrected chi connectivity index (χ3v) is 5.72. The molecule has 0 aliphatic carbocycles. The molecule has 0 aliphatic heterocycles. The second kappa shape index (κ2) is 8.57. The number of aryl methyl sites for hydroxylation is 2. The SMILES string of the molecule is CC[C@H](Oc1ccc(C)c(C)c1)C(=O)N[C@H](C)c1ccc(S(C)(=O)=O)cc1. The predicted molar refractivity (Wildman–Crippen MR) is 107 cm³/mol. The highest BCUT2D eigenvalue weighted by Crippen LogP contribution is 2.20. The Balaban J connectivity index is 2.05. The van der Waals surface area contributed by atoms with Crippen LogP contribution in [0.1, 0.15) is 43.0 Å². The van der Waals surface area contributed by atoms with Crippen molar-refractivity contribution in [3.63, 3.8) is 0 Å². The first-order valence-corrected chi connectivity index (χ1v) is 10.8. The highest BCUT2D eigenvalue weighted by molar-refractivity contribution is 7.90. The van der Waals surface area contributed by atoms with E-state index in [4.69, 9.17) is 4.74 Å². The fraction of sp³-hybridized carbons (Fsp3) is 0.381. The minimum atomic E-state index is -3.23. The quantitative estimate of drug-likeness (QED) is 0.783. The largest absolute Gasteiger partial charge is 0.481 e. The normalized spacial score (nSPS) is 13.7. The van der Waals surface area contributed by atoms with Crippen LogP contribution in [-0.2, 0) is 14.6 Å². The molecule has 2 aromatic carbocycles. The Hall–Kier alpha value is -2.34. The van der Waals surface area contributed by atoms with Gasteiger partial charge in [-0.15, -0.1) is 0 Å². The number of nitrogens with one attached hydrogen (secondary N) is 1. The molecular weight excluding hydrogens is 362 g/mol. The number of rotatable bonds is 7. The number of carbonyl (C=O) groups is 1. The minimum absolute atomic E-state index is 0.199. The van der Waals surface area contributed by atoms with Crippen LogP contribution in [0.25, 0.3) is 0 Å². The summed E-state index contributed by atoms with van der Waals surface area (Å²) in [4.78, 5) is 12.9. The van der Waals surface area contributed by atoms with E-state index < -0.39 is 15.9 Å². The summed E-state index contributed by atoms with van der Waals surface area (Å²) in [6.45, 7) is 7.79. The van der Waals surface area contributed by atoms with Crippen LogP contribution >= 0.6 is 0 Å². The van der Waals surface area contributed by atoms with Gasteiger partial charge in [0.2, 0.25) is 0 Å². The number of hydrogen-bond acceptors (Lipinski definition) is 4. The van der Waals surface area contributed by atoms with Gasteiger partial charge in [0.1, 0.15) is 5.75 Å². The summed E-state index contributed by atoms with van der Waals surface area (Å²) in [5.74, 6) is 0.473. The molecule has 1 N–H and O–H groups in total. The maximum atomic E-state index is 12.6. The van der Waals surface area contributed by atoms with Crippen LogP contribution in [0, 0.1) is 13.8 Å². The Labute approximate surface area is 161 Å². The maximum Gasteiger partial charge on any atom is 0.261 e. The smallest absolute Gasteiger partial charge is 0.261 e. The summed E-state index contributed by atoms with van der Waals surface area (Å²) in [6.07, 6.45) is 1.12. The zero-order valence-electron chi connectivity index (χ0n) is 16.4. The topological polar surface area (TPSA) is 72.5 Å². The number of amides is 1. The van der Waals surface area contributed by atoms with Crippen LogP contribution in [0.15, 0.2) is 47.4 Å². The lowest BCUT2D eigenvalue weighted by Gasteiger charge is -2.21. The summed E-state index contributed by atoms with van der Waals surface area (Å²) >= 11 is 0. The van der Waals surface area contributed by atoms with Gasteiger partial charge < -0.3 is 10.1 Å². The van der Waals surface area contributed by atoms with E-state index in [1.165, 1.54) is 11.8 Å². The van der Waals surface area contributed by atoms with Crippen LogP contribution in [-0.4, -0.2) is 26.7 Å². The van der Waals surface area contributed by atoms with Crippen molar-refractivity contribution in [2.45, 2.75) is 51.2 Å². The number of carbonyl (C=O) groups excluding carboxylic acids is 1. The van der Waals surface area contributed by atoms with Gasteiger partial charge >= 0.3 is 0 Å². The first kappa shape index (κ1) is 21.0. The number of ether oxygens (including phenoxy) is 1. The van der Waals surface area contributed by atoms with Crippen molar-refractivity contribution < 1.29 is 17.9 Å². The maximum absolute atomic E-state index is 12.6. The van der Waals surface area contributed by atoms with Gasteiger partial charge in [-0.05, 0) is 68.1 Å². The molecule has 27 heavy (non-hydrogen) atoms. The molecule has 2 aromatic rings. The van der Waals surface area contributed by atoms with E-state index in [9.17, 15) is 13.2 Å². The first-order chi connectivity index (χ1) is 12.6. The lowest BCUT2D eigenvalue weighted by Crippen LogP contribution is -2.39. The zero-order chi connectivity index (χ0) is 20.2. The molecule has 0 aliphatic rings. The monoisotopic (exact) mass is 389 g/mol. The second-order valence-corrected chi connectivity index (χ2v) is 8.85. The number of hydrogen-bond donors (Lipinski definition) is 1. The van der Waals surface area contributed by atoms with Gasteiger partial charge in [0.15, 0.2) is 15.9 Å².